The quantitative estimate of drug-likeness (QED) is 0.873. The van der Waals surface area contributed by atoms with Crippen LogP contribution >= 0.6 is 11.3 Å². The predicted molar refractivity (Wildman–Crippen MR) is 95.0 cm³/mol. The first kappa shape index (κ1) is 16.7. The summed E-state index contributed by atoms with van der Waals surface area (Å²) in [5, 5.41) is 4.76. The molecule has 0 spiro atoms. The number of likely N-dealkylation sites (tertiary alicyclic amines) is 1. The minimum Gasteiger partial charge on any atom is -0.347 e. The van der Waals surface area contributed by atoms with Crippen LogP contribution in [-0.2, 0) is 6.54 Å². The molecule has 1 aromatic heterocycles. The van der Waals surface area contributed by atoms with Gasteiger partial charge in [0, 0.05) is 25.2 Å². The molecule has 1 unspecified atom stereocenters. The molecule has 5 nitrogen and oxygen atoms in total. The van der Waals surface area contributed by atoms with Gasteiger partial charge in [-0.1, -0.05) is 18.2 Å². The van der Waals surface area contributed by atoms with Crippen molar-refractivity contribution in [3.63, 3.8) is 0 Å². The van der Waals surface area contributed by atoms with Gasteiger partial charge >= 0.3 is 0 Å². The Balaban J connectivity index is 1.55. The molecule has 0 aliphatic carbocycles. The molecule has 1 fully saturated rings. The molecule has 2 aromatic rings. The van der Waals surface area contributed by atoms with Crippen LogP contribution in [0.5, 0.6) is 0 Å². The van der Waals surface area contributed by atoms with Crippen LogP contribution in [0.2, 0.25) is 0 Å². The van der Waals surface area contributed by atoms with Crippen LogP contribution < -0.4 is 11.1 Å². The third kappa shape index (κ3) is 3.83. The van der Waals surface area contributed by atoms with Crippen molar-refractivity contribution in [2.45, 2.75) is 13.0 Å². The lowest BCUT2D eigenvalue weighted by Crippen LogP contribution is -2.29. The molecule has 2 heterocycles. The van der Waals surface area contributed by atoms with E-state index in [1.54, 1.807) is 6.07 Å². The van der Waals surface area contributed by atoms with Gasteiger partial charge < -0.3 is 16.0 Å². The van der Waals surface area contributed by atoms with Crippen LogP contribution in [0, 0.1) is 5.92 Å². The fourth-order valence-corrected chi connectivity index (χ4v) is 3.47. The summed E-state index contributed by atoms with van der Waals surface area (Å²) in [5.41, 5.74) is 7.33. The normalized spacial score (nSPS) is 17.0. The van der Waals surface area contributed by atoms with Crippen LogP contribution in [0.15, 0.2) is 41.8 Å². The third-order valence-electron chi connectivity index (χ3n) is 4.31. The monoisotopic (exact) mass is 343 g/mol. The smallest absolute Gasteiger partial charge is 0.261 e. The van der Waals surface area contributed by atoms with Crippen molar-refractivity contribution in [3.05, 3.63) is 57.8 Å². The Hall–Kier alpha value is -2.18. The summed E-state index contributed by atoms with van der Waals surface area (Å²) in [6.45, 7) is 2.60. The number of thiophene rings is 1. The highest BCUT2D eigenvalue weighted by atomic mass is 32.1. The summed E-state index contributed by atoms with van der Waals surface area (Å²) in [4.78, 5) is 26.9. The molecule has 1 aliphatic heterocycles. The second-order valence-corrected chi connectivity index (χ2v) is 6.95. The Morgan fingerprint density at radius 1 is 1.25 bits per heavy atom. The topological polar surface area (TPSA) is 75.4 Å². The van der Waals surface area contributed by atoms with Gasteiger partial charge in [-0.2, -0.15) is 0 Å². The lowest BCUT2D eigenvalue weighted by molar-refractivity contribution is 0.0787. The zero-order chi connectivity index (χ0) is 16.9. The lowest BCUT2D eigenvalue weighted by atomic mass is 10.1. The lowest BCUT2D eigenvalue weighted by Gasteiger charge is -2.16. The minimum absolute atomic E-state index is 0.0557. The fraction of sp³-hybridized carbons (Fsp3) is 0.333. The van der Waals surface area contributed by atoms with Crippen LogP contribution in [0.25, 0.3) is 0 Å². The van der Waals surface area contributed by atoms with E-state index >= 15 is 0 Å². The summed E-state index contributed by atoms with van der Waals surface area (Å²) < 4.78 is 0. The van der Waals surface area contributed by atoms with Crippen molar-refractivity contribution >= 4 is 23.2 Å². The standard InChI is InChI=1S/C18H21N3O2S/c19-10-14-7-8-21(12-14)18(23)15-5-3-13(4-6-15)11-20-17(22)16-2-1-9-24-16/h1-6,9,14H,7-8,10-12,19H2,(H,20,22). The molecule has 3 rings (SSSR count). The average Bonchev–Trinajstić information content (AvgIpc) is 3.30. The van der Waals surface area contributed by atoms with Gasteiger partial charge in [0.15, 0.2) is 0 Å². The van der Waals surface area contributed by atoms with Gasteiger partial charge in [-0.25, -0.2) is 0 Å². The first-order valence-electron chi connectivity index (χ1n) is 8.07. The molecule has 2 amide bonds. The molecule has 1 aromatic carbocycles. The first-order valence-corrected chi connectivity index (χ1v) is 8.95. The van der Waals surface area contributed by atoms with E-state index in [9.17, 15) is 9.59 Å². The molecule has 0 bridgehead atoms. The van der Waals surface area contributed by atoms with E-state index in [0.717, 1.165) is 25.1 Å². The van der Waals surface area contributed by atoms with Gasteiger partial charge in [-0.3, -0.25) is 9.59 Å². The van der Waals surface area contributed by atoms with Crippen molar-refractivity contribution in [2.75, 3.05) is 19.6 Å². The molecule has 1 atom stereocenters. The van der Waals surface area contributed by atoms with E-state index in [1.165, 1.54) is 11.3 Å². The van der Waals surface area contributed by atoms with E-state index in [1.807, 2.05) is 40.6 Å². The summed E-state index contributed by atoms with van der Waals surface area (Å²) >= 11 is 1.42. The minimum atomic E-state index is -0.0740. The van der Waals surface area contributed by atoms with Crippen molar-refractivity contribution in [1.29, 1.82) is 0 Å². The van der Waals surface area contributed by atoms with Crippen LogP contribution in [0.3, 0.4) is 0 Å². The van der Waals surface area contributed by atoms with Gasteiger partial charge in [0.05, 0.1) is 4.88 Å². The maximum absolute atomic E-state index is 12.5. The van der Waals surface area contributed by atoms with Crippen molar-refractivity contribution in [1.82, 2.24) is 10.2 Å². The number of rotatable bonds is 5. The molecule has 3 N–H and O–H groups in total. The number of hydrogen-bond donors (Lipinski definition) is 2. The van der Waals surface area contributed by atoms with Gasteiger partial charge in [-0.15, -0.1) is 11.3 Å². The molecule has 24 heavy (non-hydrogen) atoms. The SMILES string of the molecule is NCC1CCN(C(=O)c2ccc(CNC(=O)c3cccs3)cc2)C1. The molecule has 1 aliphatic rings. The van der Waals surface area contributed by atoms with Crippen LogP contribution in [0.1, 0.15) is 32.0 Å². The average molecular weight is 343 g/mol. The summed E-state index contributed by atoms with van der Waals surface area (Å²) in [7, 11) is 0. The van der Waals surface area contributed by atoms with E-state index in [2.05, 4.69) is 5.32 Å². The Kier molecular flexibility index (Phi) is 5.27. The number of nitrogens with one attached hydrogen (secondary N) is 1. The van der Waals surface area contributed by atoms with E-state index in [0.29, 0.717) is 29.4 Å². The summed E-state index contributed by atoms with van der Waals surface area (Å²) in [6, 6.07) is 11.1. The Labute approximate surface area is 145 Å². The third-order valence-corrected chi connectivity index (χ3v) is 5.17. The number of benzene rings is 1. The summed E-state index contributed by atoms with van der Waals surface area (Å²) in [5.74, 6) is 0.399. The van der Waals surface area contributed by atoms with Crippen molar-refractivity contribution in [3.8, 4) is 0 Å². The number of carbonyl (C=O) groups is 2. The molecular weight excluding hydrogens is 322 g/mol. The molecule has 6 heteroatoms. The molecule has 1 saturated heterocycles. The van der Waals surface area contributed by atoms with E-state index in [-0.39, 0.29) is 11.8 Å². The predicted octanol–water partition coefficient (Wildman–Crippen LogP) is 2.10. The zero-order valence-corrected chi connectivity index (χ0v) is 14.2. The molecular formula is C18H21N3O2S. The van der Waals surface area contributed by atoms with Crippen molar-refractivity contribution < 1.29 is 9.59 Å². The number of hydrogen-bond acceptors (Lipinski definition) is 4. The maximum atomic E-state index is 12.5. The van der Waals surface area contributed by atoms with Gasteiger partial charge in [0.25, 0.3) is 11.8 Å². The number of nitrogens with two attached hydrogens (primary N) is 1. The van der Waals surface area contributed by atoms with Gasteiger partial charge in [0.2, 0.25) is 0 Å². The summed E-state index contributed by atoms with van der Waals surface area (Å²) in [6.07, 6.45) is 0.981. The van der Waals surface area contributed by atoms with Gasteiger partial charge in [0.1, 0.15) is 0 Å². The number of nitrogens with zero attached hydrogens (tertiary/aromatic N) is 1. The van der Waals surface area contributed by atoms with Crippen LogP contribution in [-0.4, -0.2) is 36.3 Å². The molecule has 126 valence electrons. The largest absolute Gasteiger partial charge is 0.347 e. The van der Waals surface area contributed by atoms with E-state index in [4.69, 9.17) is 5.73 Å². The second-order valence-electron chi connectivity index (χ2n) is 6.00. The van der Waals surface area contributed by atoms with Crippen molar-refractivity contribution in [2.24, 2.45) is 11.7 Å². The van der Waals surface area contributed by atoms with Gasteiger partial charge in [-0.05, 0) is 48.0 Å². The Morgan fingerprint density at radius 2 is 2.04 bits per heavy atom. The molecule has 0 radical (unpaired) electrons. The number of amides is 2. The fourth-order valence-electron chi connectivity index (χ4n) is 2.83. The highest BCUT2D eigenvalue weighted by molar-refractivity contribution is 7.12. The van der Waals surface area contributed by atoms with Crippen LogP contribution in [0.4, 0.5) is 0 Å². The Bertz CT molecular complexity index is 698. The zero-order valence-electron chi connectivity index (χ0n) is 13.4. The highest BCUT2D eigenvalue weighted by Crippen LogP contribution is 2.18. The highest BCUT2D eigenvalue weighted by Gasteiger charge is 2.25. The number of carbonyl (C=O) groups excluding carboxylic acids is 2. The molecule has 0 saturated carbocycles. The second kappa shape index (κ2) is 7.59. The maximum Gasteiger partial charge on any atom is 0.261 e. The Morgan fingerprint density at radius 3 is 2.67 bits per heavy atom. The van der Waals surface area contributed by atoms with E-state index < -0.39 is 0 Å². The first-order chi connectivity index (χ1) is 11.7.